The van der Waals surface area contributed by atoms with Gasteiger partial charge in [-0.2, -0.15) is 0 Å². The minimum atomic E-state index is -0.793. The van der Waals surface area contributed by atoms with Gasteiger partial charge in [-0.15, -0.1) is 0 Å². The van der Waals surface area contributed by atoms with Crippen LogP contribution in [0, 0.1) is 0 Å². The highest BCUT2D eigenvalue weighted by Gasteiger charge is 2.52. The summed E-state index contributed by atoms with van der Waals surface area (Å²) in [5.74, 6) is -0.487. The molecule has 2 aliphatic heterocycles. The minimum absolute atomic E-state index is 0.241. The Morgan fingerprint density at radius 1 is 1.00 bits per heavy atom. The molecule has 0 N–H and O–H groups in total. The lowest BCUT2D eigenvalue weighted by molar-refractivity contribution is -0.162. The van der Waals surface area contributed by atoms with Gasteiger partial charge in [0.1, 0.15) is 0 Å². The van der Waals surface area contributed by atoms with E-state index in [2.05, 4.69) is 6.07 Å². The molecule has 4 nitrogen and oxygen atoms in total. The molecular weight excluding hydrogens is 326 g/mol. The SMILES string of the molecule is O=C1C2=Cc3ccccc3C3(CCC3)OC2C(=O)N1Cc1ccccc1. The van der Waals surface area contributed by atoms with Gasteiger partial charge in [0.05, 0.1) is 17.7 Å². The summed E-state index contributed by atoms with van der Waals surface area (Å²) in [6.45, 7) is 0.282. The zero-order valence-electron chi connectivity index (χ0n) is 14.4. The maximum Gasteiger partial charge on any atom is 0.263 e. The predicted molar refractivity (Wildman–Crippen MR) is 96.8 cm³/mol. The molecule has 2 heterocycles. The third-order valence-corrected chi connectivity index (χ3v) is 5.72. The Labute approximate surface area is 152 Å². The first kappa shape index (κ1) is 15.5. The zero-order chi connectivity index (χ0) is 17.7. The van der Waals surface area contributed by atoms with Crippen molar-refractivity contribution >= 4 is 17.9 Å². The Bertz CT molecular complexity index is 927. The molecule has 0 radical (unpaired) electrons. The molecule has 4 heteroatoms. The van der Waals surface area contributed by atoms with Crippen molar-refractivity contribution in [1.29, 1.82) is 0 Å². The molecule has 26 heavy (non-hydrogen) atoms. The summed E-state index contributed by atoms with van der Waals surface area (Å²) in [4.78, 5) is 27.3. The lowest BCUT2D eigenvalue weighted by Crippen LogP contribution is -2.43. The van der Waals surface area contributed by atoms with E-state index in [0.717, 1.165) is 36.0 Å². The number of hydrogen-bond donors (Lipinski definition) is 0. The second kappa shape index (κ2) is 5.64. The average Bonchev–Trinajstić information content (AvgIpc) is 2.79. The number of hydrogen-bond acceptors (Lipinski definition) is 3. The van der Waals surface area contributed by atoms with E-state index in [9.17, 15) is 9.59 Å². The number of nitrogens with zero attached hydrogens (tertiary/aromatic N) is 1. The predicted octanol–water partition coefficient (Wildman–Crippen LogP) is 3.42. The number of imide groups is 1. The summed E-state index contributed by atoms with van der Waals surface area (Å²) in [5.41, 5.74) is 3.06. The molecule has 1 spiro atoms. The van der Waals surface area contributed by atoms with Crippen LogP contribution in [0.4, 0.5) is 0 Å². The summed E-state index contributed by atoms with van der Waals surface area (Å²) in [6.07, 6.45) is 3.92. The van der Waals surface area contributed by atoms with E-state index in [1.807, 2.05) is 54.6 Å². The largest absolute Gasteiger partial charge is 0.352 e. The van der Waals surface area contributed by atoms with Crippen molar-refractivity contribution in [2.75, 3.05) is 0 Å². The first-order chi connectivity index (χ1) is 12.7. The maximum absolute atomic E-state index is 13.0. The number of ether oxygens (including phenoxy) is 1. The number of amides is 2. The summed E-state index contributed by atoms with van der Waals surface area (Å²) in [7, 11) is 0. The van der Waals surface area contributed by atoms with E-state index in [1.54, 1.807) is 0 Å². The first-order valence-electron chi connectivity index (χ1n) is 9.06. The fourth-order valence-electron chi connectivity index (χ4n) is 4.19. The molecule has 3 aliphatic rings. The van der Waals surface area contributed by atoms with Gasteiger partial charge in [0.2, 0.25) is 0 Å². The molecule has 1 atom stereocenters. The highest BCUT2D eigenvalue weighted by molar-refractivity contribution is 6.18. The number of carbonyl (C=O) groups excluding carboxylic acids is 2. The second-order valence-corrected chi connectivity index (χ2v) is 7.25. The molecule has 0 aromatic heterocycles. The Balaban J connectivity index is 1.56. The molecule has 0 bridgehead atoms. The van der Waals surface area contributed by atoms with Gasteiger partial charge in [0.25, 0.3) is 11.8 Å². The van der Waals surface area contributed by atoms with Crippen molar-refractivity contribution in [2.24, 2.45) is 0 Å². The van der Waals surface area contributed by atoms with Crippen molar-refractivity contribution in [2.45, 2.75) is 37.5 Å². The first-order valence-corrected chi connectivity index (χ1v) is 9.06. The van der Waals surface area contributed by atoms with Crippen LogP contribution in [0.3, 0.4) is 0 Å². The van der Waals surface area contributed by atoms with Crippen molar-refractivity contribution in [3.05, 3.63) is 76.9 Å². The van der Waals surface area contributed by atoms with Crippen LogP contribution in [-0.2, 0) is 26.5 Å². The monoisotopic (exact) mass is 345 g/mol. The third-order valence-electron chi connectivity index (χ3n) is 5.72. The van der Waals surface area contributed by atoms with Gasteiger partial charge >= 0.3 is 0 Å². The molecular formula is C22H19NO3. The number of carbonyl (C=O) groups is 2. The van der Waals surface area contributed by atoms with E-state index in [4.69, 9.17) is 4.74 Å². The number of likely N-dealkylation sites (tertiary alicyclic amines) is 1. The van der Waals surface area contributed by atoms with Gasteiger partial charge in [-0.05, 0) is 42.0 Å². The summed E-state index contributed by atoms with van der Waals surface area (Å²) in [6, 6.07) is 17.6. The van der Waals surface area contributed by atoms with Crippen LogP contribution >= 0.6 is 0 Å². The van der Waals surface area contributed by atoms with E-state index >= 15 is 0 Å². The highest BCUT2D eigenvalue weighted by Crippen LogP contribution is 2.50. The van der Waals surface area contributed by atoms with Crippen LogP contribution in [0.15, 0.2) is 60.2 Å². The van der Waals surface area contributed by atoms with Crippen LogP contribution < -0.4 is 0 Å². The fourth-order valence-corrected chi connectivity index (χ4v) is 4.19. The average molecular weight is 345 g/mol. The van der Waals surface area contributed by atoms with Crippen LogP contribution in [0.5, 0.6) is 0 Å². The second-order valence-electron chi connectivity index (χ2n) is 7.25. The number of rotatable bonds is 2. The lowest BCUT2D eigenvalue weighted by atomic mass is 9.73. The highest BCUT2D eigenvalue weighted by atomic mass is 16.5. The van der Waals surface area contributed by atoms with Gasteiger partial charge in [0.15, 0.2) is 6.10 Å². The summed E-state index contributed by atoms with van der Waals surface area (Å²) in [5, 5.41) is 0. The zero-order valence-corrected chi connectivity index (χ0v) is 14.4. The molecule has 2 aromatic rings. The molecule has 1 saturated heterocycles. The van der Waals surface area contributed by atoms with Crippen LogP contribution in [0.1, 0.15) is 36.0 Å². The Morgan fingerprint density at radius 2 is 1.73 bits per heavy atom. The van der Waals surface area contributed by atoms with E-state index in [-0.39, 0.29) is 18.4 Å². The molecule has 1 saturated carbocycles. The molecule has 2 fully saturated rings. The molecule has 5 rings (SSSR count). The Kier molecular flexibility index (Phi) is 3.37. The standard InChI is InChI=1S/C22H19NO3/c24-20-17-13-16-9-4-5-10-18(16)22(11-6-12-22)26-19(17)21(25)23(20)14-15-7-2-1-3-8-15/h1-5,7-10,13,19H,6,11-12,14H2. The maximum atomic E-state index is 13.0. The van der Waals surface area contributed by atoms with Crippen molar-refractivity contribution < 1.29 is 14.3 Å². The Hall–Kier alpha value is -2.72. The van der Waals surface area contributed by atoms with E-state index in [0.29, 0.717) is 5.57 Å². The number of fused-ring (bicyclic) bond motifs is 3. The quantitative estimate of drug-likeness (QED) is 0.784. The van der Waals surface area contributed by atoms with E-state index in [1.165, 1.54) is 4.90 Å². The lowest BCUT2D eigenvalue weighted by Gasteiger charge is -2.43. The van der Waals surface area contributed by atoms with Gasteiger partial charge in [-0.1, -0.05) is 54.6 Å². The van der Waals surface area contributed by atoms with Crippen LogP contribution in [-0.4, -0.2) is 22.8 Å². The van der Waals surface area contributed by atoms with Gasteiger partial charge in [-0.25, -0.2) is 0 Å². The van der Waals surface area contributed by atoms with Gasteiger partial charge < -0.3 is 4.74 Å². The van der Waals surface area contributed by atoms with Crippen LogP contribution in [0.2, 0.25) is 0 Å². The number of benzene rings is 2. The Morgan fingerprint density at radius 3 is 2.46 bits per heavy atom. The summed E-state index contributed by atoms with van der Waals surface area (Å²) < 4.78 is 6.36. The fraction of sp³-hybridized carbons (Fsp3) is 0.273. The normalized spacial score (nSPS) is 23.2. The van der Waals surface area contributed by atoms with Crippen molar-refractivity contribution in [1.82, 2.24) is 4.90 Å². The molecule has 2 amide bonds. The van der Waals surface area contributed by atoms with Gasteiger partial charge in [-0.3, -0.25) is 14.5 Å². The van der Waals surface area contributed by atoms with Crippen LogP contribution in [0.25, 0.3) is 6.08 Å². The summed E-state index contributed by atoms with van der Waals surface area (Å²) >= 11 is 0. The smallest absolute Gasteiger partial charge is 0.263 e. The topological polar surface area (TPSA) is 46.6 Å². The van der Waals surface area contributed by atoms with Gasteiger partial charge in [0, 0.05) is 0 Å². The molecule has 2 aromatic carbocycles. The molecule has 1 aliphatic carbocycles. The minimum Gasteiger partial charge on any atom is -0.352 e. The van der Waals surface area contributed by atoms with Crippen molar-refractivity contribution in [3.63, 3.8) is 0 Å². The van der Waals surface area contributed by atoms with E-state index < -0.39 is 11.7 Å². The third kappa shape index (κ3) is 2.19. The molecule has 1 unspecified atom stereocenters. The van der Waals surface area contributed by atoms with Crippen molar-refractivity contribution in [3.8, 4) is 0 Å². The molecule has 130 valence electrons.